The molecule has 0 saturated heterocycles. The zero-order valence-corrected chi connectivity index (χ0v) is 18.2. The van der Waals surface area contributed by atoms with Crippen LogP contribution in [0, 0.1) is 0 Å². The Bertz CT molecular complexity index is 1110. The second-order valence-corrected chi connectivity index (χ2v) is 7.25. The molecule has 3 aromatic rings. The minimum atomic E-state index is -0.490. The van der Waals surface area contributed by atoms with Crippen LogP contribution in [0.1, 0.15) is 25.8 Å². The first kappa shape index (κ1) is 22.1. The molecule has 1 aromatic heterocycles. The fourth-order valence-electron chi connectivity index (χ4n) is 3.07. The van der Waals surface area contributed by atoms with Gasteiger partial charge in [-0.05, 0) is 42.9 Å². The molecule has 0 aliphatic heterocycles. The fourth-order valence-corrected chi connectivity index (χ4v) is 3.44. The predicted molar refractivity (Wildman–Crippen MR) is 128 cm³/mol. The van der Waals surface area contributed by atoms with Crippen LogP contribution in [0.2, 0.25) is 0 Å². The Hall–Kier alpha value is -3.58. The van der Waals surface area contributed by atoms with E-state index < -0.39 is 6.17 Å². The van der Waals surface area contributed by atoms with Crippen LogP contribution in [-0.4, -0.2) is 28.1 Å². The molecule has 158 valence electrons. The lowest BCUT2D eigenvalue weighted by molar-refractivity contribution is -0.117. The van der Waals surface area contributed by atoms with Crippen molar-refractivity contribution in [2.24, 2.45) is 0 Å². The van der Waals surface area contributed by atoms with E-state index >= 15 is 0 Å². The van der Waals surface area contributed by atoms with Crippen LogP contribution in [0.5, 0.6) is 0 Å². The Morgan fingerprint density at radius 3 is 2.55 bits per heavy atom. The van der Waals surface area contributed by atoms with Crippen molar-refractivity contribution in [3.8, 4) is 0 Å². The number of pyridine rings is 1. The van der Waals surface area contributed by atoms with Crippen molar-refractivity contribution in [2.75, 3.05) is 4.90 Å². The lowest BCUT2D eigenvalue weighted by Gasteiger charge is -2.27. The number of para-hydroxylation sites is 1. The number of hydrogen-bond acceptors (Lipinski definition) is 4. The fraction of sp³-hybridized carbons (Fsp3) is 0.167. The molecule has 0 fully saturated rings. The van der Waals surface area contributed by atoms with E-state index in [1.165, 1.54) is 11.0 Å². The van der Waals surface area contributed by atoms with Crippen molar-refractivity contribution in [1.82, 2.24) is 15.6 Å². The third-order valence-corrected chi connectivity index (χ3v) is 4.83. The van der Waals surface area contributed by atoms with Crippen LogP contribution in [0.15, 0.2) is 72.9 Å². The number of hydrogen-bond donors (Lipinski definition) is 2. The van der Waals surface area contributed by atoms with Crippen LogP contribution in [0.4, 0.5) is 5.69 Å². The minimum Gasteiger partial charge on any atom is -0.342 e. The van der Waals surface area contributed by atoms with Crippen molar-refractivity contribution in [2.45, 2.75) is 26.4 Å². The number of anilines is 1. The van der Waals surface area contributed by atoms with E-state index in [0.29, 0.717) is 11.2 Å². The lowest BCUT2D eigenvalue weighted by Crippen LogP contribution is -2.52. The van der Waals surface area contributed by atoms with Crippen molar-refractivity contribution in [1.29, 1.82) is 0 Å². The van der Waals surface area contributed by atoms with Gasteiger partial charge < -0.3 is 10.6 Å². The quantitative estimate of drug-likeness (QED) is 0.350. The number of aromatic nitrogens is 1. The molecule has 7 heteroatoms. The second kappa shape index (κ2) is 10.4. The summed E-state index contributed by atoms with van der Waals surface area (Å²) in [6.45, 7) is 3.53. The normalized spacial score (nSPS) is 11.8. The zero-order valence-electron chi connectivity index (χ0n) is 17.4. The molecule has 2 amide bonds. The maximum absolute atomic E-state index is 12.7. The van der Waals surface area contributed by atoms with Crippen LogP contribution in [0.3, 0.4) is 0 Å². The highest BCUT2D eigenvalue weighted by Gasteiger charge is 2.22. The Labute approximate surface area is 187 Å². The van der Waals surface area contributed by atoms with Gasteiger partial charge in [0.1, 0.15) is 0 Å². The van der Waals surface area contributed by atoms with E-state index in [2.05, 4.69) is 15.6 Å². The summed E-state index contributed by atoms with van der Waals surface area (Å²) in [7, 11) is 0. The number of fused-ring (bicyclic) bond motifs is 1. The summed E-state index contributed by atoms with van der Waals surface area (Å²) in [6, 6.07) is 18.9. The number of nitrogens with zero attached hydrogens (tertiary/aromatic N) is 2. The number of benzene rings is 2. The van der Waals surface area contributed by atoms with Crippen LogP contribution in [-0.2, 0) is 9.59 Å². The van der Waals surface area contributed by atoms with Gasteiger partial charge in [-0.2, -0.15) is 0 Å². The molecule has 1 unspecified atom stereocenters. The molecule has 2 aromatic carbocycles. The van der Waals surface area contributed by atoms with Gasteiger partial charge in [-0.25, -0.2) is 0 Å². The third-order valence-electron chi connectivity index (χ3n) is 4.53. The summed E-state index contributed by atoms with van der Waals surface area (Å²) in [6.07, 6.45) is 4.65. The Kier molecular flexibility index (Phi) is 7.45. The highest BCUT2D eigenvalue weighted by atomic mass is 32.1. The molecule has 0 bridgehead atoms. The summed E-state index contributed by atoms with van der Waals surface area (Å²) in [4.78, 5) is 30.8. The number of carbonyl (C=O) groups excluding carboxylic acids is 2. The average Bonchev–Trinajstić information content (AvgIpc) is 2.78. The average molecular weight is 433 g/mol. The molecule has 6 nitrogen and oxygen atoms in total. The molecule has 0 saturated carbocycles. The van der Waals surface area contributed by atoms with Crippen molar-refractivity contribution in [3.05, 3.63) is 78.5 Å². The van der Waals surface area contributed by atoms with Gasteiger partial charge in [0.2, 0.25) is 11.8 Å². The Morgan fingerprint density at radius 1 is 1.06 bits per heavy atom. The summed E-state index contributed by atoms with van der Waals surface area (Å²) in [5.41, 5.74) is 2.21. The molecule has 0 aliphatic rings. The summed E-state index contributed by atoms with van der Waals surface area (Å²) >= 11 is 5.53. The number of thiocarbonyl (C=S) groups is 1. The molecule has 0 spiro atoms. The van der Waals surface area contributed by atoms with Gasteiger partial charge in [0.15, 0.2) is 5.11 Å². The first-order chi connectivity index (χ1) is 15.0. The molecule has 31 heavy (non-hydrogen) atoms. The Morgan fingerprint density at radius 2 is 1.81 bits per heavy atom. The maximum atomic E-state index is 12.7. The van der Waals surface area contributed by atoms with Gasteiger partial charge in [0, 0.05) is 24.1 Å². The third kappa shape index (κ3) is 5.73. The summed E-state index contributed by atoms with van der Waals surface area (Å²) in [5.74, 6) is -0.440. The zero-order chi connectivity index (χ0) is 22.2. The molecular formula is C24H24N4O2S. The molecule has 0 aliphatic carbocycles. The summed E-state index contributed by atoms with van der Waals surface area (Å²) < 4.78 is 0. The van der Waals surface area contributed by atoms with Gasteiger partial charge in [-0.1, -0.05) is 55.5 Å². The molecule has 2 N–H and O–H groups in total. The Balaban J connectivity index is 1.73. The van der Waals surface area contributed by atoms with Crippen molar-refractivity contribution < 1.29 is 9.59 Å². The van der Waals surface area contributed by atoms with E-state index in [-0.39, 0.29) is 23.3 Å². The first-order valence-electron chi connectivity index (χ1n) is 10.0. The molecule has 1 heterocycles. The lowest BCUT2D eigenvalue weighted by atomic mass is 10.1. The molecule has 0 radical (unpaired) electrons. The topological polar surface area (TPSA) is 74.3 Å². The minimum absolute atomic E-state index is 0.168. The van der Waals surface area contributed by atoms with E-state index in [4.69, 9.17) is 12.2 Å². The standard InChI is InChI=1S/C24H24N4O2S/c1-3-22(30)28(20-13-7-11-19-12-8-16-25-23(19)20)24(31)27-17(2)26-21(29)15-14-18-9-5-4-6-10-18/h4-17H,3H2,1-2H3,(H,26,29)(H,27,31)/b15-14+. The second-order valence-electron chi connectivity index (χ2n) is 6.86. The van der Waals surface area contributed by atoms with Gasteiger partial charge >= 0.3 is 0 Å². The van der Waals surface area contributed by atoms with Crippen LogP contribution >= 0.6 is 12.2 Å². The SMILES string of the molecule is CCC(=O)N(C(=S)NC(C)NC(=O)/C=C/c1ccccc1)c1cccc2cccnc12. The highest BCUT2D eigenvalue weighted by Crippen LogP contribution is 2.25. The van der Waals surface area contributed by atoms with Crippen molar-refractivity contribution in [3.63, 3.8) is 0 Å². The van der Waals surface area contributed by atoms with Gasteiger partial charge in [-0.3, -0.25) is 19.5 Å². The largest absolute Gasteiger partial charge is 0.342 e. The van der Waals surface area contributed by atoms with Crippen molar-refractivity contribution >= 4 is 51.8 Å². The van der Waals surface area contributed by atoms with Gasteiger partial charge in [0.25, 0.3) is 0 Å². The van der Waals surface area contributed by atoms with Crippen LogP contribution in [0.25, 0.3) is 17.0 Å². The highest BCUT2D eigenvalue weighted by molar-refractivity contribution is 7.80. The number of carbonyl (C=O) groups is 2. The number of nitrogens with one attached hydrogen (secondary N) is 2. The van der Waals surface area contributed by atoms with E-state index in [9.17, 15) is 9.59 Å². The molecule has 3 rings (SSSR count). The van der Waals surface area contributed by atoms with E-state index in [1.807, 2.05) is 60.7 Å². The summed E-state index contributed by atoms with van der Waals surface area (Å²) in [5, 5.41) is 6.94. The van der Waals surface area contributed by atoms with E-state index in [1.54, 1.807) is 26.1 Å². The van der Waals surface area contributed by atoms with Crippen LogP contribution < -0.4 is 15.5 Å². The smallest absolute Gasteiger partial charge is 0.245 e. The monoisotopic (exact) mass is 432 g/mol. The first-order valence-corrected chi connectivity index (χ1v) is 10.4. The maximum Gasteiger partial charge on any atom is 0.245 e. The molecule has 1 atom stereocenters. The van der Waals surface area contributed by atoms with E-state index in [0.717, 1.165) is 10.9 Å². The predicted octanol–water partition coefficient (Wildman–Crippen LogP) is 4.03. The van der Waals surface area contributed by atoms with Gasteiger partial charge in [0.05, 0.1) is 17.4 Å². The number of rotatable bonds is 6. The van der Waals surface area contributed by atoms with Gasteiger partial charge in [-0.15, -0.1) is 0 Å². The molecular weight excluding hydrogens is 408 g/mol. The number of amides is 2.